The largest absolute Gasteiger partial charge is 0.494 e. The van der Waals surface area contributed by atoms with Crippen LogP contribution in [-0.2, 0) is 4.74 Å². The maximum absolute atomic E-state index is 11.3. The number of benzene rings is 1. The van der Waals surface area contributed by atoms with Gasteiger partial charge in [-0.1, -0.05) is 11.6 Å². The summed E-state index contributed by atoms with van der Waals surface area (Å²) in [6.07, 6.45) is 0. The normalized spacial score (nSPS) is 9.20. The Morgan fingerprint density at radius 3 is 2.60 bits per heavy atom. The Kier molecular flexibility index (Phi) is 3.53. The van der Waals surface area contributed by atoms with Gasteiger partial charge < -0.3 is 9.47 Å². The van der Waals surface area contributed by atoms with Crippen LogP contribution >= 0.6 is 11.6 Å². The van der Waals surface area contributed by atoms with Crippen LogP contribution in [0.5, 0.6) is 5.75 Å². The Labute approximate surface area is 92.0 Å². The van der Waals surface area contributed by atoms with E-state index in [0.717, 1.165) is 0 Å². The highest BCUT2D eigenvalue weighted by Gasteiger charge is 2.18. The van der Waals surface area contributed by atoms with Gasteiger partial charge in [0.05, 0.1) is 19.8 Å². The van der Waals surface area contributed by atoms with Crippen molar-refractivity contribution >= 4 is 17.6 Å². The van der Waals surface area contributed by atoms with Crippen molar-refractivity contribution in [3.05, 3.63) is 28.3 Å². The molecular formula is C10H8ClNO3. The van der Waals surface area contributed by atoms with Crippen molar-refractivity contribution in [2.75, 3.05) is 14.2 Å². The summed E-state index contributed by atoms with van der Waals surface area (Å²) >= 11 is 5.86. The molecule has 0 aliphatic rings. The third kappa shape index (κ3) is 2.03. The van der Waals surface area contributed by atoms with E-state index in [2.05, 4.69) is 4.74 Å². The second-order valence-electron chi connectivity index (χ2n) is 2.61. The van der Waals surface area contributed by atoms with E-state index in [1.807, 2.05) is 6.07 Å². The van der Waals surface area contributed by atoms with Gasteiger partial charge in [0.15, 0.2) is 5.75 Å². The zero-order chi connectivity index (χ0) is 11.4. The number of nitriles is 1. The first kappa shape index (κ1) is 11.3. The van der Waals surface area contributed by atoms with Crippen LogP contribution in [0, 0.1) is 11.3 Å². The molecule has 1 aromatic carbocycles. The van der Waals surface area contributed by atoms with Gasteiger partial charge in [0.2, 0.25) is 0 Å². The van der Waals surface area contributed by atoms with Gasteiger partial charge in [0, 0.05) is 0 Å². The van der Waals surface area contributed by atoms with E-state index in [1.165, 1.54) is 26.4 Å². The van der Waals surface area contributed by atoms with Crippen molar-refractivity contribution in [3.8, 4) is 11.8 Å². The number of rotatable bonds is 2. The molecule has 0 heterocycles. The molecule has 0 saturated heterocycles. The monoisotopic (exact) mass is 225 g/mol. The molecule has 5 heteroatoms. The molecule has 4 nitrogen and oxygen atoms in total. The maximum Gasteiger partial charge on any atom is 0.341 e. The van der Waals surface area contributed by atoms with Crippen LogP contribution in [0.15, 0.2) is 12.1 Å². The lowest BCUT2D eigenvalue weighted by molar-refractivity contribution is 0.0597. The second-order valence-corrected chi connectivity index (χ2v) is 2.99. The lowest BCUT2D eigenvalue weighted by atomic mass is 10.1. The van der Waals surface area contributed by atoms with Gasteiger partial charge in [0.25, 0.3) is 0 Å². The second kappa shape index (κ2) is 4.67. The Balaban J connectivity index is 3.39. The summed E-state index contributed by atoms with van der Waals surface area (Å²) in [5, 5.41) is 8.83. The minimum atomic E-state index is -0.557. The van der Waals surface area contributed by atoms with E-state index in [4.69, 9.17) is 21.6 Å². The highest BCUT2D eigenvalue weighted by atomic mass is 35.5. The number of esters is 1. The number of halogens is 1. The Morgan fingerprint density at radius 1 is 1.47 bits per heavy atom. The van der Waals surface area contributed by atoms with Gasteiger partial charge in [-0.3, -0.25) is 0 Å². The van der Waals surface area contributed by atoms with Crippen molar-refractivity contribution in [2.45, 2.75) is 0 Å². The fraction of sp³-hybridized carbons (Fsp3) is 0.200. The van der Waals surface area contributed by atoms with Crippen molar-refractivity contribution < 1.29 is 14.3 Å². The SMILES string of the molecule is COC(=O)c1ccc(C#N)c(Cl)c1OC. The molecule has 0 aliphatic carbocycles. The third-order valence-corrected chi connectivity index (χ3v) is 2.20. The fourth-order valence-electron chi connectivity index (χ4n) is 1.11. The molecule has 15 heavy (non-hydrogen) atoms. The zero-order valence-electron chi connectivity index (χ0n) is 8.20. The van der Waals surface area contributed by atoms with Crippen molar-refractivity contribution in [3.63, 3.8) is 0 Å². The Bertz CT molecular complexity index is 437. The smallest absolute Gasteiger partial charge is 0.341 e. The van der Waals surface area contributed by atoms with Crippen LogP contribution < -0.4 is 4.74 Å². The summed E-state index contributed by atoms with van der Waals surface area (Å²) in [5.41, 5.74) is 0.449. The van der Waals surface area contributed by atoms with E-state index in [9.17, 15) is 4.79 Å². The highest BCUT2D eigenvalue weighted by molar-refractivity contribution is 6.33. The van der Waals surface area contributed by atoms with E-state index in [0.29, 0.717) is 0 Å². The fourth-order valence-corrected chi connectivity index (χ4v) is 1.40. The first-order valence-corrected chi connectivity index (χ1v) is 4.38. The van der Waals surface area contributed by atoms with E-state index in [-0.39, 0.29) is 21.9 Å². The molecule has 0 bridgehead atoms. The van der Waals surface area contributed by atoms with Gasteiger partial charge >= 0.3 is 5.97 Å². The molecule has 0 fully saturated rings. The van der Waals surface area contributed by atoms with Crippen molar-refractivity contribution in [1.29, 1.82) is 5.26 Å². The average molecular weight is 226 g/mol. The molecule has 0 radical (unpaired) electrons. The molecule has 0 atom stereocenters. The van der Waals surface area contributed by atoms with Crippen LogP contribution in [0.4, 0.5) is 0 Å². The van der Waals surface area contributed by atoms with Crippen LogP contribution in [0.2, 0.25) is 5.02 Å². The van der Waals surface area contributed by atoms with Crippen molar-refractivity contribution in [1.82, 2.24) is 0 Å². The topological polar surface area (TPSA) is 59.3 Å². The molecular weight excluding hydrogens is 218 g/mol. The van der Waals surface area contributed by atoms with Gasteiger partial charge in [-0.15, -0.1) is 0 Å². The first-order valence-electron chi connectivity index (χ1n) is 4.00. The minimum Gasteiger partial charge on any atom is -0.494 e. The molecule has 0 amide bonds. The maximum atomic E-state index is 11.3. The Morgan fingerprint density at radius 2 is 2.13 bits per heavy atom. The molecule has 0 N–H and O–H groups in total. The predicted molar refractivity (Wildman–Crippen MR) is 54.1 cm³/mol. The molecule has 0 unspecified atom stereocenters. The molecule has 0 aromatic heterocycles. The first-order chi connectivity index (χ1) is 7.15. The summed E-state index contributed by atoms with van der Waals surface area (Å²) in [6, 6.07) is 4.77. The number of hydrogen-bond acceptors (Lipinski definition) is 4. The van der Waals surface area contributed by atoms with E-state index in [1.54, 1.807) is 0 Å². The van der Waals surface area contributed by atoms with E-state index >= 15 is 0 Å². The molecule has 1 aromatic rings. The standard InChI is InChI=1S/C10H8ClNO3/c1-14-9-7(10(13)15-2)4-3-6(5-12)8(9)11/h3-4H,1-2H3. The number of methoxy groups -OCH3 is 2. The summed E-state index contributed by atoms with van der Waals surface area (Å²) < 4.78 is 9.50. The van der Waals surface area contributed by atoms with E-state index < -0.39 is 5.97 Å². The van der Waals surface area contributed by atoms with Gasteiger partial charge in [0.1, 0.15) is 16.7 Å². The minimum absolute atomic E-state index is 0.114. The average Bonchev–Trinajstić information content (AvgIpc) is 2.27. The van der Waals surface area contributed by atoms with Gasteiger partial charge in [-0.25, -0.2) is 4.79 Å². The summed E-state index contributed by atoms with van der Waals surface area (Å²) in [6.45, 7) is 0. The lowest BCUT2D eigenvalue weighted by Gasteiger charge is -2.09. The van der Waals surface area contributed by atoms with Crippen molar-refractivity contribution in [2.24, 2.45) is 0 Å². The zero-order valence-corrected chi connectivity index (χ0v) is 8.96. The summed E-state index contributed by atoms with van der Waals surface area (Å²) in [7, 11) is 2.63. The van der Waals surface area contributed by atoms with Gasteiger partial charge in [-0.2, -0.15) is 5.26 Å². The molecule has 1 rings (SSSR count). The van der Waals surface area contributed by atoms with Crippen LogP contribution in [0.1, 0.15) is 15.9 Å². The third-order valence-electron chi connectivity index (χ3n) is 1.83. The number of ether oxygens (including phenoxy) is 2. The summed E-state index contributed by atoms with van der Waals surface area (Å²) in [5.74, 6) is -0.402. The predicted octanol–water partition coefficient (Wildman–Crippen LogP) is 2.01. The van der Waals surface area contributed by atoms with Crippen LogP contribution in [0.25, 0.3) is 0 Å². The number of carbonyl (C=O) groups excluding carboxylic acids is 1. The van der Waals surface area contributed by atoms with Gasteiger partial charge in [-0.05, 0) is 12.1 Å². The highest BCUT2D eigenvalue weighted by Crippen LogP contribution is 2.31. The molecule has 0 aliphatic heterocycles. The Hall–Kier alpha value is -1.73. The lowest BCUT2D eigenvalue weighted by Crippen LogP contribution is -2.05. The number of nitrogens with zero attached hydrogens (tertiary/aromatic N) is 1. The van der Waals surface area contributed by atoms with Crippen LogP contribution in [-0.4, -0.2) is 20.2 Å². The molecule has 0 spiro atoms. The quantitative estimate of drug-likeness (QED) is 0.723. The number of carbonyl (C=O) groups is 1. The molecule has 0 saturated carbocycles. The summed E-state index contributed by atoms with van der Waals surface area (Å²) in [4.78, 5) is 11.3. The van der Waals surface area contributed by atoms with Crippen LogP contribution in [0.3, 0.4) is 0 Å². The number of hydrogen-bond donors (Lipinski definition) is 0. The molecule has 78 valence electrons.